The van der Waals surface area contributed by atoms with Crippen molar-refractivity contribution in [3.8, 4) is 0 Å². The van der Waals surface area contributed by atoms with E-state index < -0.39 is 11.7 Å². The molecule has 0 aliphatic carbocycles. The van der Waals surface area contributed by atoms with Crippen LogP contribution in [0.1, 0.15) is 34.4 Å². The van der Waals surface area contributed by atoms with Crippen molar-refractivity contribution in [2.45, 2.75) is 18.3 Å². The maximum atomic E-state index is 12.8. The average molecular weight is 367 g/mol. The van der Waals surface area contributed by atoms with Gasteiger partial charge in [0, 0.05) is 5.56 Å². The molecule has 0 N–H and O–H groups in total. The second-order valence-corrected chi connectivity index (χ2v) is 6.31. The van der Waals surface area contributed by atoms with Gasteiger partial charge in [0.25, 0.3) is 0 Å². The number of rotatable bonds is 3. The zero-order valence-electron chi connectivity index (χ0n) is 14.2. The molecule has 4 rings (SSSR count). The van der Waals surface area contributed by atoms with Crippen LogP contribution in [0.3, 0.4) is 0 Å². The molecule has 136 valence electrons. The third-order valence-corrected chi connectivity index (χ3v) is 4.51. The molecule has 3 aromatic carbocycles. The number of alkyl halides is 3. The van der Waals surface area contributed by atoms with Gasteiger partial charge in [0.05, 0.1) is 5.56 Å². The molecule has 0 amide bonds. The van der Waals surface area contributed by atoms with Gasteiger partial charge in [-0.1, -0.05) is 60.7 Å². The molecule has 3 aromatic rings. The first kappa shape index (κ1) is 17.3. The summed E-state index contributed by atoms with van der Waals surface area (Å²) in [6.45, 7) is 0. The quantitative estimate of drug-likeness (QED) is 0.559. The number of ether oxygens (including phenoxy) is 1. The summed E-state index contributed by atoms with van der Waals surface area (Å²) in [5.74, 6) is 0.353. The first-order chi connectivity index (χ1) is 13.0. The number of halogens is 3. The van der Waals surface area contributed by atoms with Crippen LogP contribution < -0.4 is 0 Å². The van der Waals surface area contributed by atoms with Crippen LogP contribution in [-0.2, 0) is 10.9 Å². The molecule has 2 atom stereocenters. The summed E-state index contributed by atoms with van der Waals surface area (Å²) in [6.07, 6.45) is -4.69. The van der Waals surface area contributed by atoms with E-state index in [1.807, 2.05) is 60.7 Å². The van der Waals surface area contributed by atoms with E-state index in [0.717, 1.165) is 23.3 Å². The molecule has 1 aliphatic heterocycles. The van der Waals surface area contributed by atoms with Crippen LogP contribution >= 0.6 is 0 Å². The molecule has 0 aromatic heterocycles. The number of aliphatic imine (C=N–C) groups is 1. The van der Waals surface area contributed by atoms with Crippen molar-refractivity contribution in [3.63, 3.8) is 0 Å². The molecule has 5 heteroatoms. The van der Waals surface area contributed by atoms with Gasteiger partial charge in [-0.3, -0.25) is 0 Å². The number of nitrogens with zero attached hydrogens (tertiary/aromatic N) is 1. The van der Waals surface area contributed by atoms with E-state index in [1.165, 1.54) is 12.1 Å². The molecule has 0 saturated heterocycles. The Labute approximate surface area is 155 Å². The summed E-state index contributed by atoms with van der Waals surface area (Å²) in [5, 5.41) is 0. The van der Waals surface area contributed by atoms with Gasteiger partial charge in [-0.25, -0.2) is 4.99 Å². The predicted molar refractivity (Wildman–Crippen MR) is 97.4 cm³/mol. The molecule has 2 nitrogen and oxygen atoms in total. The van der Waals surface area contributed by atoms with E-state index in [-0.39, 0.29) is 12.1 Å². The van der Waals surface area contributed by atoms with Crippen LogP contribution in [0.15, 0.2) is 89.9 Å². The minimum absolute atomic E-state index is 0.258. The fourth-order valence-corrected chi connectivity index (χ4v) is 3.15. The molecule has 0 saturated carbocycles. The van der Waals surface area contributed by atoms with Gasteiger partial charge in [-0.15, -0.1) is 0 Å². The lowest BCUT2D eigenvalue weighted by Crippen LogP contribution is -2.09. The Bertz CT molecular complexity index is 935. The summed E-state index contributed by atoms with van der Waals surface area (Å²) in [6, 6.07) is 24.1. The highest BCUT2D eigenvalue weighted by atomic mass is 19.4. The van der Waals surface area contributed by atoms with E-state index in [2.05, 4.69) is 0 Å². The van der Waals surface area contributed by atoms with Crippen molar-refractivity contribution in [2.75, 3.05) is 0 Å². The van der Waals surface area contributed by atoms with Crippen molar-refractivity contribution < 1.29 is 17.9 Å². The maximum absolute atomic E-state index is 12.8. The smallest absolute Gasteiger partial charge is 0.416 e. The molecule has 27 heavy (non-hydrogen) atoms. The van der Waals surface area contributed by atoms with Crippen LogP contribution in [-0.4, -0.2) is 5.90 Å². The van der Waals surface area contributed by atoms with Gasteiger partial charge in [0.15, 0.2) is 6.10 Å². The van der Waals surface area contributed by atoms with Crippen molar-refractivity contribution >= 4 is 5.90 Å². The normalized spacial score (nSPS) is 19.4. The summed E-state index contributed by atoms with van der Waals surface area (Å²) in [4.78, 5) is 4.69. The maximum Gasteiger partial charge on any atom is 0.416 e. The fraction of sp³-hybridized carbons (Fsp3) is 0.136. The highest BCUT2D eigenvalue weighted by Gasteiger charge is 2.35. The molecule has 1 aliphatic rings. The predicted octanol–water partition coefficient (Wildman–Crippen LogP) is 5.96. The second kappa shape index (κ2) is 6.91. The van der Waals surface area contributed by atoms with Crippen molar-refractivity contribution in [3.05, 3.63) is 107 Å². The van der Waals surface area contributed by atoms with Crippen LogP contribution in [0.4, 0.5) is 13.2 Å². The average Bonchev–Trinajstić information content (AvgIpc) is 3.14. The van der Waals surface area contributed by atoms with Gasteiger partial charge in [0.1, 0.15) is 6.04 Å². The lowest BCUT2D eigenvalue weighted by molar-refractivity contribution is -0.137. The topological polar surface area (TPSA) is 21.6 Å². The molecular weight excluding hydrogens is 351 g/mol. The lowest BCUT2D eigenvalue weighted by Gasteiger charge is -2.18. The summed E-state index contributed by atoms with van der Waals surface area (Å²) in [5.41, 5.74) is 1.80. The minimum atomic E-state index is -4.37. The Morgan fingerprint density at radius 2 is 1.26 bits per heavy atom. The van der Waals surface area contributed by atoms with E-state index in [4.69, 9.17) is 9.73 Å². The number of benzene rings is 3. The Hall–Kier alpha value is -3.08. The van der Waals surface area contributed by atoms with Gasteiger partial charge in [-0.05, 0) is 35.4 Å². The monoisotopic (exact) mass is 367 g/mol. The lowest BCUT2D eigenvalue weighted by atomic mass is 9.97. The van der Waals surface area contributed by atoms with Crippen LogP contribution in [0.2, 0.25) is 0 Å². The largest absolute Gasteiger partial charge is 0.467 e. The second-order valence-electron chi connectivity index (χ2n) is 6.31. The van der Waals surface area contributed by atoms with Gasteiger partial charge < -0.3 is 4.74 Å². The summed E-state index contributed by atoms with van der Waals surface area (Å²) < 4.78 is 44.5. The van der Waals surface area contributed by atoms with Crippen LogP contribution in [0, 0.1) is 0 Å². The number of hydrogen-bond donors (Lipinski definition) is 0. The molecule has 0 fully saturated rings. The summed E-state index contributed by atoms with van der Waals surface area (Å²) in [7, 11) is 0. The van der Waals surface area contributed by atoms with Crippen molar-refractivity contribution in [2.24, 2.45) is 4.99 Å². The standard InChI is InChI=1S/C22H16F3NO/c23-22(24,25)18-13-11-17(12-14-18)21-26-19(15-7-3-1-4-8-15)20(27-21)16-9-5-2-6-10-16/h1-14,19-20H/t19-,20+/m1/s1. The Kier molecular flexibility index (Phi) is 4.44. The van der Waals surface area contributed by atoms with Gasteiger partial charge >= 0.3 is 6.18 Å². The molecule has 0 radical (unpaired) electrons. The van der Waals surface area contributed by atoms with E-state index in [0.29, 0.717) is 11.5 Å². The zero-order chi connectivity index (χ0) is 18.9. The molecule has 1 heterocycles. The Morgan fingerprint density at radius 3 is 1.81 bits per heavy atom. The SMILES string of the molecule is FC(F)(F)c1ccc(C2=N[C@H](c3ccccc3)[C@H](c3ccccc3)O2)cc1. The molecule has 0 spiro atoms. The van der Waals surface area contributed by atoms with Crippen molar-refractivity contribution in [1.29, 1.82) is 0 Å². The summed E-state index contributed by atoms with van der Waals surface area (Å²) >= 11 is 0. The highest BCUT2D eigenvalue weighted by Crippen LogP contribution is 2.41. The van der Waals surface area contributed by atoms with E-state index >= 15 is 0 Å². The minimum Gasteiger partial charge on any atom is -0.467 e. The van der Waals surface area contributed by atoms with Crippen molar-refractivity contribution in [1.82, 2.24) is 0 Å². The first-order valence-corrected chi connectivity index (χ1v) is 8.54. The van der Waals surface area contributed by atoms with Gasteiger partial charge in [-0.2, -0.15) is 13.2 Å². The van der Waals surface area contributed by atoms with Gasteiger partial charge in [0.2, 0.25) is 5.90 Å². The molecular formula is C22H16F3NO. The highest BCUT2D eigenvalue weighted by molar-refractivity contribution is 5.95. The Morgan fingerprint density at radius 1 is 0.704 bits per heavy atom. The third-order valence-electron chi connectivity index (χ3n) is 4.51. The van der Waals surface area contributed by atoms with Crippen LogP contribution in [0.25, 0.3) is 0 Å². The molecule has 0 unspecified atom stereocenters. The van der Waals surface area contributed by atoms with E-state index in [1.54, 1.807) is 0 Å². The fourth-order valence-electron chi connectivity index (χ4n) is 3.15. The van der Waals surface area contributed by atoms with E-state index in [9.17, 15) is 13.2 Å². The third kappa shape index (κ3) is 3.58. The molecule has 0 bridgehead atoms. The zero-order valence-corrected chi connectivity index (χ0v) is 14.2. The first-order valence-electron chi connectivity index (χ1n) is 8.54. The van der Waals surface area contributed by atoms with Crippen LogP contribution in [0.5, 0.6) is 0 Å². The number of hydrogen-bond acceptors (Lipinski definition) is 2. The Balaban J connectivity index is 1.70.